The zero-order valence-corrected chi connectivity index (χ0v) is 7.07. The van der Waals surface area contributed by atoms with Crippen LogP contribution < -0.4 is 0 Å². The van der Waals surface area contributed by atoms with Crippen molar-refractivity contribution in [1.82, 2.24) is 0 Å². The van der Waals surface area contributed by atoms with Crippen LogP contribution in [0.5, 0.6) is 0 Å². The third-order valence-corrected chi connectivity index (χ3v) is 1.10. The van der Waals surface area contributed by atoms with Gasteiger partial charge in [0.1, 0.15) is 6.61 Å². The Labute approximate surface area is 70.3 Å². The van der Waals surface area contributed by atoms with Crippen LogP contribution in [0, 0.1) is 0 Å². The SMILES string of the molecule is CCOC(=O)CO[C@H](C)C(=O)O. The quantitative estimate of drug-likeness (QED) is 0.598. The molecule has 0 bridgehead atoms. The lowest BCUT2D eigenvalue weighted by atomic mass is 10.4. The summed E-state index contributed by atoms with van der Waals surface area (Å²) in [5.41, 5.74) is 0. The highest BCUT2D eigenvalue weighted by Gasteiger charge is 2.13. The largest absolute Gasteiger partial charge is 0.479 e. The monoisotopic (exact) mass is 176 g/mol. The van der Waals surface area contributed by atoms with Crippen LogP contribution in [0.15, 0.2) is 0 Å². The Balaban J connectivity index is 3.54. The van der Waals surface area contributed by atoms with E-state index < -0.39 is 18.0 Å². The number of ether oxygens (including phenoxy) is 2. The number of carboxylic acid groups (broad SMARTS) is 1. The average molecular weight is 176 g/mol. The van der Waals surface area contributed by atoms with Crippen molar-refractivity contribution in [1.29, 1.82) is 0 Å². The summed E-state index contributed by atoms with van der Waals surface area (Å²) in [6.45, 7) is 2.96. The molecule has 0 aliphatic carbocycles. The summed E-state index contributed by atoms with van der Waals surface area (Å²) in [5, 5.41) is 8.35. The fourth-order valence-corrected chi connectivity index (χ4v) is 0.467. The molecule has 0 spiro atoms. The minimum Gasteiger partial charge on any atom is -0.479 e. The van der Waals surface area contributed by atoms with Crippen LogP contribution in [-0.4, -0.2) is 36.4 Å². The fourth-order valence-electron chi connectivity index (χ4n) is 0.467. The van der Waals surface area contributed by atoms with Crippen molar-refractivity contribution in [2.75, 3.05) is 13.2 Å². The van der Waals surface area contributed by atoms with Gasteiger partial charge in [0.05, 0.1) is 6.61 Å². The number of rotatable bonds is 5. The van der Waals surface area contributed by atoms with E-state index in [1.54, 1.807) is 6.92 Å². The summed E-state index contributed by atoms with van der Waals surface area (Å²) in [5.74, 6) is -1.65. The molecule has 0 aliphatic rings. The van der Waals surface area contributed by atoms with Gasteiger partial charge in [-0.25, -0.2) is 9.59 Å². The molecule has 0 unspecified atom stereocenters. The van der Waals surface area contributed by atoms with Gasteiger partial charge in [0.25, 0.3) is 0 Å². The van der Waals surface area contributed by atoms with Gasteiger partial charge in [-0.05, 0) is 13.8 Å². The number of carbonyl (C=O) groups is 2. The maximum Gasteiger partial charge on any atom is 0.332 e. The van der Waals surface area contributed by atoms with Crippen molar-refractivity contribution in [3.05, 3.63) is 0 Å². The second-order valence-corrected chi connectivity index (χ2v) is 2.10. The first-order valence-electron chi connectivity index (χ1n) is 3.58. The number of hydrogen-bond acceptors (Lipinski definition) is 4. The van der Waals surface area contributed by atoms with E-state index >= 15 is 0 Å². The number of hydrogen-bond donors (Lipinski definition) is 1. The Morgan fingerprint density at radius 2 is 2.08 bits per heavy atom. The lowest BCUT2D eigenvalue weighted by molar-refractivity contribution is -0.157. The maximum absolute atomic E-state index is 10.6. The highest BCUT2D eigenvalue weighted by Crippen LogP contribution is 1.91. The molecule has 5 nitrogen and oxygen atoms in total. The van der Waals surface area contributed by atoms with Gasteiger partial charge in [0.15, 0.2) is 6.10 Å². The van der Waals surface area contributed by atoms with Gasteiger partial charge in [-0.15, -0.1) is 0 Å². The molecule has 0 aromatic rings. The molecule has 0 heterocycles. The second-order valence-electron chi connectivity index (χ2n) is 2.10. The molecule has 0 rings (SSSR count). The van der Waals surface area contributed by atoms with E-state index in [1.807, 2.05) is 0 Å². The van der Waals surface area contributed by atoms with E-state index in [4.69, 9.17) is 5.11 Å². The molecule has 0 aromatic heterocycles. The minimum atomic E-state index is -1.10. The van der Waals surface area contributed by atoms with Gasteiger partial charge in [0, 0.05) is 0 Å². The third kappa shape index (κ3) is 4.68. The van der Waals surface area contributed by atoms with Crippen molar-refractivity contribution in [2.24, 2.45) is 0 Å². The van der Waals surface area contributed by atoms with Gasteiger partial charge in [-0.1, -0.05) is 0 Å². The van der Waals surface area contributed by atoms with Gasteiger partial charge in [-0.2, -0.15) is 0 Å². The van der Waals surface area contributed by atoms with Crippen LogP contribution in [0.25, 0.3) is 0 Å². The predicted octanol–water partition coefficient (Wildman–Crippen LogP) is 0.0392. The Kier molecular flexibility index (Phi) is 5.03. The predicted molar refractivity (Wildman–Crippen MR) is 39.7 cm³/mol. The summed E-state index contributed by atoms with van der Waals surface area (Å²) < 4.78 is 9.16. The van der Waals surface area contributed by atoms with Crippen LogP contribution in [0.4, 0.5) is 0 Å². The van der Waals surface area contributed by atoms with Crippen molar-refractivity contribution < 1.29 is 24.2 Å². The van der Waals surface area contributed by atoms with Crippen molar-refractivity contribution in [3.63, 3.8) is 0 Å². The van der Waals surface area contributed by atoms with Crippen molar-refractivity contribution >= 4 is 11.9 Å². The van der Waals surface area contributed by atoms with Crippen LogP contribution >= 0.6 is 0 Å². The van der Waals surface area contributed by atoms with Crippen LogP contribution in [0.1, 0.15) is 13.8 Å². The van der Waals surface area contributed by atoms with Gasteiger partial charge in [-0.3, -0.25) is 0 Å². The zero-order chi connectivity index (χ0) is 9.56. The summed E-state index contributed by atoms with van der Waals surface area (Å²) >= 11 is 0. The molecular weight excluding hydrogens is 164 g/mol. The number of carboxylic acids is 1. The Morgan fingerprint density at radius 3 is 2.50 bits per heavy atom. The normalized spacial score (nSPS) is 12.2. The molecular formula is C7H12O5. The van der Waals surface area contributed by atoms with Crippen molar-refractivity contribution in [3.8, 4) is 0 Å². The highest BCUT2D eigenvalue weighted by atomic mass is 16.6. The van der Waals surface area contributed by atoms with Crippen LogP contribution in [0.2, 0.25) is 0 Å². The van der Waals surface area contributed by atoms with Crippen LogP contribution in [0.3, 0.4) is 0 Å². The zero-order valence-electron chi connectivity index (χ0n) is 7.07. The van der Waals surface area contributed by atoms with E-state index in [-0.39, 0.29) is 13.2 Å². The molecule has 1 atom stereocenters. The summed E-state index contributed by atoms with van der Waals surface area (Å²) in [7, 11) is 0. The van der Waals surface area contributed by atoms with E-state index in [2.05, 4.69) is 9.47 Å². The van der Waals surface area contributed by atoms with Gasteiger partial charge < -0.3 is 14.6 Å². The smallest absolute Gasteiger partial charge is 0.332 e. The van der Waals surface area contributed by atoms with Gasteiger partial charge >= 0.3 is 11.9 Å². The first-order chi connectivity index (χ1) is 5.57. The third-order valence-electron chi connectivity index (χ3n) is 1.10. The molecule has 0 amide bonds. The van der Waals surface area contributed by atoms with E-state index in [1.165, 1.54) is 6.92 Å². The molecule has 1 N–H and O–H groups in total. The van der Waals surface area contributed by atoms with Crippen LogP contribution in [-0.2, 0) is 19.1 Å². The first-order valence-corrected chi connectivity index (χ1v) is 3.58. The maximum atomic E-state index is 10.6. The Hall–Kier alpha value is -1.10. The average Bonchev–Trinajstić information content (AvgIpc) is 2.00. The molecule has 5 heteroatoms. The number of carbonyl (C=O) groups excluding carboxylic acids is 1. The molecule has 12 heavy (non-hydrogen) atoms. The molecule has 0 radical (unpaired) electrons. The highest BCUT2D eigenvalue weighted by molar-refractivity contribution is 5.73. The molecule has 0 saturated carbocycles. The lowest BCUT2D eigenvalue weighted by Crippen LogP contribution is -2.24. The minimum absolute atomic E-state index is 0.268. The Bertz CT molecular complexity index is 165. The summed E-state index contributed by atoms with van der Waals surface area (Å²) in [6, 6.07) is 0. The molecule has 0 fully saturated rings. The number of esters is 1. The summed E-state index contributed by atoms with van der Waals surface area (Å²) in [4.78, 5) is 20.8. The molecule has 0 saturated heterocycles. The second kappa shape index (κ2) is 5.54. The van der Waals surface area contributed by atoms with E-state index in [0.717, 1.165) is 0 Å². The van der Waals surface area contributed by atoms with Gasteiger partial charge in [0.2, 0.25) is 0 Å². The fraction of sp³-hybridized carbons (Fsp3) is 0.714. The summed E-state index contributed by atoms with van der Waals surface area (Å²) in [6.07, 6.45) is -0.977. The number of aliphatic carboxylic acids is 1. The lowest BCUT2D eigenvalue weighted by Gasteiger charge is -2.06. The molecule has 0 aliphatic heterocycles. The Morgan fingerprint density at radius 1 is 1.50 bits per heavy atom. The first kappa shape index (κ1) is 10.9. The standard InChI is InChI=1S/C7H12O5/c1-3-11-6(8)4-12-5(2)7(9)10/h5H,3-4H2,1-2H3,(H,9,10)/t5-/m1/s1. The molecule has 70 valence electrons. The van der Waals surface area contributed by atoms with Crippen molar-refractivity contribution in [2.45, 2.75) is 20.0 Å². The molecule has 0 aromatic carbocycles. The van der Waals surface area contributed by atoms with E-state index in [0.29, 0.717) is 0 Å². The topological polar surface area (TPSA) is 72.8 Å². The van der Waals surface area contributed by atoms with E-state index in [9.17, 15) is 9.59 Å².